The predicted molar refractivity (Wildman–Crippen MR) is 133 cm³/mol. The van der Waals surface area contributed by atoms with E-state index in [0.717, 1.165) is 18.6 Å². The zero-order valence-corrected chi connectivity index (χ0v) is 22.8. The fourth-order valence-electron chi connectivity index (χ4n) is 5.73. The number of hydrogen-bond donors (Lipinski definition) is 6. The van der Waals surface area contributed by atoms with Gasteiger partial charge in [-0.25, -0.2) is 4.79 Å². The summed E-state index contributed by atoms with van der Waals surface area (Å²) in [5.74, 6) is -0.0472. The zero-order valence-electron chi connectivity index (χ0n) is 22.0. The first-order valence-electron chi connectivity index (χ1n) is 12.4. The van der Waals surface area contributed by atoms with Gasteiger partial charge in [-0.2, -0.15) is 11.8 Å². The Bertz CT molecular complexity index is 885. The molecule has 6 N–H and O–H groups in total. The maximum Gasteiger partial charge on any atom is 0.315 e. The van der Waals surface area contributed by atoms with E-state index in [0.29, 0.717) is 11.7 Å². The van der Waals surface area contributed by atoms with Crippen LogP contribution in [-0.2, 0) is 19.1 Å². The van der Waals surface area contributed by atoms with E-state index >= 15 is 0 Å². The summed E-state index contributed by atoms with van der Waals surface area (Å²) in [5, 5.41) is 41.8. The van der Waals surface area contributed by atoms with Crippen molar-refractivity contribution in [2.24, 2.45) is 0 Å². The van der Waals surface area contributed by atoms with Gasteiger partial charge < -0.3 is 40.7 Å². The van der Waals surface area contributed by atoms with Crippen molar-refractivity contribution in [3.63, 3.8) is 0 Å². The number of amides is 3. The second-order valence-corrected chi connectivity index (χ2v) is 12.5. The molecular weight excluding hydrogens is 490 g/mol. The van der Waals surface area contributed by atoms with Crippen LogP contribution in [0.25, 0.3) is 0 Å². The number of carbonyl (C=O) groups excluding carboxylic acids is 3. The highest BCUT2D eigenvalue weighted by molar-refractivity contribution is 8.00. The summed E-state index contributed by atoms with van der Waals surface area (Å²) < 4.78 is 11.7. The van der Waals surface area contributed by atoms with E-state index in [4.69, 9.17) is 9.47 Å². The second-order valence-electron chi connectivity index (χ2n) is 11.2. The topological polar surface area (TPSA) is 166 Å². The fraction of sp³-hybridized carbons (Fsp3) is 0.875. The zero-order chi connectivity index (χ0) is 27.2. The summed E-state index contributed by atoms with van der Waals surface area (Å²) in [5.41, 5.74) is -8.64. The molecule has 12 heteroatoms. The molecule has 0 saturated carbocycles. The van der Waals surface area contributed by atoms with Gasteiger partial charge in [0.05, 0.1) is 18.7 Å². The highest BCUT2D eigenvalue weighted by Crippen LogP contribution is 2.53. The van der Waals surface area contributed by atoms with Gasteiger partial charge in [0.1, 0.15) is 34.6 Å². The average Bonchev–Trinajstić information content (AvgIpc) is 3.32. The minimum atomic E-state index is -1.98. The van der Waals surface area contributed by atoms with Crippen molar-refractivity contribution in [2.75, 3.05) is 19.0 Å². The Morgan fingerprint density at radius 3 is 2.39 bits per heavy atom. The lowest BCUT2D eigenvalue weighted by Crippen LogP contribution is -2.88. The number of thioether (sulfide) groups is 1. The summed E-state index contributed by atoms with van der Waals surface area (Å²) >= 11 is 1.82. The molecule has 0 spiro atoms. The third-order valence-electron chi connectivity index (χ3n) is 8.75. The number of nitrogens with one attached hydrogen (secondary N) is 3. The van der Waals surface area contributed by atoms with E-state index in [1.165, 1.54) is 34.6 Å². The molecule has 0 radical (unpaired) electrons. The Balaban J connectivity index is 1.61. The normalized spacial score (nSPS) is 43.9. The fourth-order valence-corrected chi connectivity index (χ4v) is 7.27. The van der Waals surface area contributed by atoms with Gasteiger partial charge in [-0.3, -0.25) is 9.59 Å². The van der Waals surface area contributed by atoms with Gasteiger partial charge in [-0.05, 0) is 47.5 Å². The first kappa shape index (κ1) is 29.0. The molecule has 0 aromatic carbocycles. The van der Waals surface area contributed by atoms with Crippen LogP contribution in [0.3, 0.4) is 0 Å². The number of carbonyl (C=O) groups is 3. The number of ether oxygens (including phenoxy) is 2. The molecule has 3 aliphatic rings. The van der Waals surface area contributed by atoms with Gasteiger partial charge in [-0.15, -0.1) is 0 Å². The SMILES string of the molecule is CC(=O)NC1(C)C(C)(O)[C@](C)(O)C(C)(CO)O[C@]1(C)COC(=O)CCCCC1SC[C@@H]2NC(=O)N[C@H]12. The molecule has 3 fully saturated rings. The Hall–Kier alpha value is -1.60. The number of aliphatic hydroxyl groups is 3. The first-order chi connectivity index (χ1) is 16.5. The van der Waals surface area contributed by atoms with E-state index in [2.05, 4.69) is 16.0 Å². The summed E-state index contributed by atoms with van der Waals surface area (Å²) in [7, 11) is 0. The number of hydrogen-bond acceptors (Lipinski definition) is 9. The molecule has 0 bridgehead atoms. The maximum absolute atomic E-state index is 12.6. The van der Waals surface area contributed by atoms with Crippen molar-refractivity contribution in [1.29, 1.82) is 0 Å². The molecule has 3 saturated heterocycles. The van der Waals surface area contributed by atoms with Crippen molar-refractivity contribution in [3.05, 3.63) is 0 Å². The molecule has 3 heterocycles. The lowest BCUT2D eigenvalue weighted by Gasteiger charge is -2.67. The molecule has 3 rings (SSSR count). The summed E-state index contributed by atoms with van der Waals surface area (Å²) in [4.78, 5) is 36.2. The van der Waals surface area contributed by atoms with Crippen LogP contribution < -0.4 is 16.0 Å². The molecule has 3 aliphatic heterocycles. The van der Waals surface area contributed by atoms with E-state index in [1.807, 2.05) is 11.8 Å². The van der Waals surface area contributed by atoms with Crippen molar-refractivity contribution < 1.29 is 39.2 Å². The first-order valence-corrected chi connectivity index (χ1v) is 13.5. The number of esters is 1. The number of urea groups is 1. The van der Waals surface area contributed by atoms with Crippen LogP contribution in [0.1, 0.15) is 67.2 Å². The highest BCUT2D eigenvalue weighted by Gasteiger charge is 2.74. The molecule has 0 aromatic rings. The van der Waals surface area contributed by atoms with Gasteiger partial charge in [0, 0.05) is 24.3 Å². The summed E-state index contributed by atoms with van der Waals surface area (Å²) in [6.07, 6.45) is 2.45. The maximum atomic E-state index is 12.6. The number of rotatable bonds is 9. The Kier molecular flexibility index (Phi) is 7.99. The van der Waals surface area contributed by atoms with Crippen LogP contribution in [-0.4, -0.2) is 97.5 Å². The third kappa shape index (κ3) is 4.70. The largest absolute Gasteiger partial charge is 0.463 e. The molecule has 8 atom stereocenters. The smallest absolute Gasteiger partial charge is 0.315 e. The Labute approximate surface area is 216 Å². The van der Waals surface area contributed by atoms with Crippen LogP contribution in [0.5, 0.6) is 0 Å². The highest BCUT2D eigenvalue weighted by atomic mass is 32.2. The van der Waals surface area contributed by atoms with E-state index < -0.39 is 46.4 Å². The van der Waals surface area contributed by atoms with Crippen LogP contribution in [0.4, 0.5) is 4.79 Å². The van der Waals surface area contributed by atoms with Gasteiger partial charge >= 0.3 is 12.0 Å². The monoisotopic (exact) mass is 531 g/mol. The average molecular weight is 532 g/mol. The Morgan fingerprint density at radius 1 is 1.11 bits per heavy atom. The van der Waals surface area contributed by atoms with Crippen LogP contribution >= 0.6 is 11.8 Å². The molecule has 11 nitrogen and oxygen atoms in total. The minimum absolute atomic E-state index is 0.121. The molecule has 0 aromatic heterocycles. The molecule has 206 valence electrons. The van der Waals surface area contributed by atoms with E-state index in [1.54, 1.807) is 6.92 Å². The van der Waals surface area contributed by atoms with E-state index in [-0.39, 0.29) is 31.1 Å². The van der Waals surface area contributed by atoms with E-state index in [9.17, 15) is 29.7 Å². The van der Waals surface area contributed by atoms with Gasteiger partial charge in [-0.1, -0.05) is 6.42 Å². The van der Waals surface area contributed by atoms with Crippen molar-refractivity contribution in [2.45, 2.75) is 113 Å². The van der Waals surface area contributed by atoms with Crippen LogP contribution in [0, 0.1) is 0 Å². The quantitative estimate of drug-likeness (QED) is 0.138. The number of fused-ring (bicyclic) bond motifs is 1. The lowest BCUT2D eigenvalue weighted by molar-refractivity contribution is -0.372. The summed E-state index contributed by atoms with van der Waals surface area (Å²) in [6.45, 7) is 7.61. The van der Waals surface area contributed by atoms with Crippen LogP contribution in [0.15, 0.2) is 0 Å². The molecule has 4 unspecified atom stereocenters. The molecule has 36 heavy (non-hydrogen) atoms. The molecule has 0 aliphatic carbocycles. The molecule has 3 amide bonds. The minimum Gasteiger partial charge on any atom is -0.463 e. The second kappa shape index (κ2) is 9.94. The third-order valence-corrected chi connectivity index (χ3v) is 10.3. The molecular formula is C24H41N3O8S. The summed E-state index contributed by atoms with van der Waals surface area (Å²) in [6, 6.07) is 0.158. The van der Waals surface area contributed by atoms with Crippen molar-refractivity contribution in [3.8, 4) is 0 Å². The van der Waals surface area contributed by atoms with Crippen LogP contribution in [0.2, 0.25) is 0 Å². The lowest BCUT2D eigenvalue weighted by atomic mass is 9.56. The van der Waals surface area contributed by atoms with Crippen molar-refractivity contribution >= 4 is 29.7 Å². The van der Waals surface area contributed by atoms with Gasteiger partial charge in [0.25, 0.3) is 0 Å². The number of aliphatic hydroxyl groups excluding tert-OH is 1. The Morgan fingerprint density at radius 2 is 1.78 bits per heavy atom. The number of unbranched alkanes of at least 4 members (excludes halogenated alkanes) is 1. The van der Waals surface area contributed by atoms with Gasteiger partial charge in [0.2, 0.25) is 5.91 Å². The van der Waals surface area contributed by atoms with Crippen molar-refractivity contribution in [1.82, 2.24) is 16.0 Å². The standard InChI is InChI=1S/C24H41N3O8S/c1-14(29)27-22(4)21(3,35-20(2,12-28)23(5,32)24(22,6)33)13-34-17(30)10-8-7-9-16-18-15(11-36-16)25-19(31)26-18/h15-16,18,28,32-33H,7-13H2,1-6H3,(H,27,29)(H2,25,26,31)/t15-,16?,18-,20?,21+,22?,23+,24?/m0/s1. The van der Waals surface area contributed by atoms with Gasteiger partial charge in [0.15, 0.2) is 0 Å². The predicted octanol–water partition coefficient (Wildman–Crippen LogP) is 0.192.